The van der Waals surface area contributed by atoms with Crippen LogP contribution >= 0.6 is 11.8 Å². The van der Waals surface area contributed by atoms with E-state index in [2.05, 4.69) is 15.3 Å². The molecule has 0 fully saturated rings. The van der Waals surface area contributed by atoms with Crippen LogP contribution in [0.15, 0.2) is 45.3 Å². The van der Waals surface area contributed by atoms with Crippen LogP contribution in [0.5, 0.6) is 0 Å². The molecule has 1 aromatic heterocycles. The topological polar surface area (TPSA) is 57.8 Å². The lowest BCUT2D eigenvalue weighted by atomic mass is 10.2. The first-order valence-corrected chi connectivity index (χ1v) is 6.73. The molecule has 1 heterocycles. The zero-order valence-corrected chi connectivity index (χ0v) is 11.3. The molecule has 0 radical (unpaired) electrons. The van der Waals surface area contributed by atoms with E-state index >= 15 is 0 Å². The van der Waals surface area contributed by atoms with E-state index in [4.69, 9.17) is 0 Å². The molecular weight excluding hydrogens is 265 g/mol. The predicted octanol–water partition coefficient (Wildman–Crippen LogP) is 2.17. The van der Waals surface area contributed by atoms with Crippen molar-refractivity contribution in [1.82, 2.24) is 15.3 Å². The predicted molar refractivity (Wildman–Crippen MR) is 72.8 cm³/mol. The summed E-state index contributed by atoms with van der Waals surface area (Å²) in [6.45, 7) is 3.48. The van der Waals surface area contributed by atoms with Crippen molar-refractivity contribution in [2.24, 2.45) is 0 Å². The number of hydrogen-bond donors (Lipinski definition) is 2. The van der Waals surface area contributed by atoms with Crippen LogP contribution in [0.2, 0.25) is 0 Å². The van der Waals surface area contributed by atoms with E-state index in [1.165, 1.54) is 18.3 Å². The van der Waals surface area contributed by atoms with Gasteiger partial charge >= 0.3 is 0 Å². The zero-order chi connectivity index (χ0) is 13.7. The van der Waals surface area contributed by atoms with Gasteiger partial charge in [-0.2, -0.15) is 0 Å². The average Bonchev–Trinajstić information content (AvgIpc) is 2.39. The summed E-state index contributed by atoms with van der Waals surface area (Å²) in [5.74, 6) is -0.313. The second-order valence-electron chi connectivity index (χ2n) is 3.89. The van der Waals surface area contributed by atoms with Crippen molar-refractivity contribution in [3.05, 3.63) is 52.2 Å². The quantitative estimate of drug-likeness (QED) is 0.824. The first-order chi connectivity index (χ1) is 9.19. The molecule has 1 aromatic carbocycles. The van der Waals surface area contributed by atoms with Gasteiger partial charge in [-0.15, -0.1) is 0 Å². The summed E-state index contributed by atoms with van der Waals surface area (Å²) >= 11 is 1.10. The molecule has 0 bridgehead atoms. The number of hydrogen-bond acceptors (Lipinski definition) is 4. The fourth-order valence-corrected chi connectivity index (χ4v) is 2.28. The molecule has 0 saturated carbocycles. The van der Waals surface area contributed by atoms with Crippen molar-refractivity contribution in [2.75, 3.05) is 6.54 Å². The van der Waals surface area contributed by atoms with E-state index in [9.17, 15) is 9.18 Å². The van der Waals surface area contributed by atoms with Gasteiger partial charge in [0.05, 0.1) is 4.90 Å². The summed E-state index contributed by atoms with van der Waals surface area (Å²) in [4.78, 5) is 18.1. The molecule has 0 amide bonds. The van der Waals surface area contributed by atoms with Crippen LogP contribution in [0, 0.1) is 5.82 Å². The van der Waals surface area contributed by atoms with Crippen molar-refractivity contribution in [3.8, 4) is 0 Å². The van der Waals surface area contributed by atoms with Crippen LogP contribution in [0.4, 0.5) is 4.39 Å². The number of aromatic nitrogens is 2. The Balaban J connectivity index is 2.15. The highest BCUT2D eigenvalue weighted by molar-refractivity contribution is 7.99. The second-order valence-corrected chi connectivity index (χ2v) is 4.92. The fraction of sp³-hybridized carbons (Fsp3) is 0.231. The molecule has 100 valence electrons. The lowest BCUT2D eigenvalue weighted by Crippen LogP contribution is -2.11. The lowest BCUT2D eigenvalue weighted by molar-refractivity contribution is 0.596. The van der Waals surface area contributed by atoms with E-state index in [-0.39, 0.29) is 11.4 Å². The minimum Gasteiger partial charge on any atom is -0.313 e. The summed E-state index contributed by atoms with van der Waals surface area (Å²) in [5.41, 5.74) is 0.639. The molecule has 0 spiro atoms. The molecule has 0 aliphatic carbocycles. The molecule has 0 aliphatic heterocycles. The minimum atomic E-state index is -0.313. The molecule has 0 saturated heterocycles. The van der Waals surface area contributed by atoms with Crippen LogP contribution in [-0.2, 0) is 6.54 Å². The number of H-pyrrole nitrogens is 1. The van der Waals surface area contributed by atoms with Crippen molar-refractivity contribution in [1.29, 1.82) is 0 Å². The smallest absolute Gasteiger partial charge is 0.251 e. The molecule has 6 heteroatoms. The van der Waals surface area contributed by atoms with Crippen molar-refractivity contribution in [2.45, 2.75) is 23.5 Å². The molecule has 0 unspecified atom stereocenters. The van der Waals surface area contributed by atoms with Gasteiger partial charge in [0, 0.05) is 18.8 Å². The third kappa shape index (κ3) is 3.90. The van der Waals surface area contributed by atoms with E-state index in [0.29, 0.717) is 16.6 Å². The van der Waals surface area contributed by atoms with Gasteiger partial charge in [-0.3, -0.25) is 4.79 Å². The molecule has 0 aliphatic rings. The monoisotopic (exact) mass is 279 g/mol. The summed E-state index contributed by atoms with van der Waals surface area (Å²) in [7, 11) is 0. The Hall–Kier alpha value is -1.66. The molecule has 2 rings (SSSR count). The SMILES string of the molecule is CCNCc1ccc(Sc2nccc(=O)[nH]2)c(F)c1. The first kappa shape index (κ1) is 13.8. The Labute approximate surface area is 114 Å². The molecular formula is C13H14FN3OS. The summed E-state index contributed by atoms with van der Waals surface area (Å²) in [6.07, 6.45) is 1.40. The maximum absolute atomic E-state index is 13.9. The largest absolute Gasteiger partial charge is 0.313 e. The van der Waals surface area contributed by atoms with Gasteiger partial charge < -0.3 is 10.3 Å². The van der Waals surface area contributed by atoms with Gasteiger partial charge in [-0.1, -0.05) is 13.0 Å². The second kappa shape index (κ2) is 6.49. The van der Waals surface area contributed by atoms with Crippen LogP contribution < -0.4 is 10.9 Å². The third-order valence-corrected chi connectivity index (χ3v) is 3.38. The van der Waals surface area contributed by atoms with E-state index < -0.39 is 0 Å². The zero-order valence-electron chi connectivity index (χ0n) is 10.4. The van der Waals surface area contributed by atoms with Gasteiger partial charge in [0.2, 0.25) is 0 Å². The van der Waals surface area contributed by atoms with Crippen molar-refractivity contribution < 1.29 is 4.39 Å². The maximum Gasteiger partial charge on any atom is 0.251 e. The summed E-state index contributed by atoms with van der Waals surface area (Å²) in [5, 5.41) is 3.52. The Morgan fingerprint density at radius 2 is 2.26 bits per heavy atom. The Kier molecular flexibility index (Phi) is 4.70. The number of halogens is 1. The van der Waals surface area contributed by atoms with E-state index in [0.717, 1.165) is 23.9 Å². The Morgan fingerprint density at radius 3 is 2.95 bits per heavy atom. The van der Waals surface area contributed by atoms with Crippen LogP contribution in [0.25, 0.3) is 0 Å². The molecule has 4 nitrogen and oxygen atoms in total. The molecule has 2 N–H and O–H groups in total. The van der Waals surface area contributed by atoms with E-state index in [1.54, 1.807) is 6.07 Å². The minimum absolute atomic E-state index is 0.248. The van der Waals surface area contributed by atoms with Gasteiger partial charge in [-0.25, -0.2) is 9.37 Å². The van der Waals surface area contributed by atoms with Gasteiger partial charge in [-0.05, 0) is 36.0 Å². The highest BCUT2D eigenvalue weighted by Gasteiger charge is 2.07. The molecule has 0 atom stereocenters. The van der Waals surface area contributed by atoms with Crippen LogP contribution in [0.1, 0.15) is 12.5 Å². The van der Waals surface area contributed by atoms with Crippen molar-refractivity contribution in [3.63, 3.8) is 0 Å². The van der Waals surface area contributed by atoms with Crippen LogP contribution in [0.3, 0.4) is 0 Å². The number of rotatable bonds is 5. The third-order valence-electron chi connectivity index (χ3n) is 2.43. The van der Waals surface area contributed by atoms with Gasteiger partial charge in [0.25, 0.3) is 5.56 Å². The first-order valence-electron chi connectivity index (χ1n) is 5.91. The summed E-state index contributed by atoms with van der Waals surface area (Å²) < 4.78 is 13.9. The highest BCUT2D eigenvalue weighted by atomic mass is 32.2. The average molecular weight is 279 g/mol. The molecule has 2 aromatic rings. The number of nitrogens with zero attached hydrogens (tertiary/aromatic N) is 1. The highest BCUT2D eigenvalue weighted by Crippen LogP contribution is 2.26. The number of benzene rings is 1. The maximum atomic E-state index is 13.9. The normalized spacial score (nSPS) is 10.6. The fourth-order valence-electron chi connectivity index (χ4n) is 1.51. The van der Waals surface area contributed by atoms with E-state index in [1.807, 2.05) is 13.0 Å². The lowest BCUT2D eigenvalue weighted by Gasteiger charge is -2.06. The Morgan fingerprint density at radius 1 is 1.42 bits per heavy atom. The van der Waals surface area contributed by atoms with Gasteiger partial charge in [0.1, 0.15) is 5.82 Å². The molecule has 19 heavy (non-hydrogen) atoms. The Bertz CT molecular complexity index is 615. The van der Waals surface area contributed by atoms with Gasteiger partial charge in [0.15, 0.2) is 5.16 Å². The van der Waals surface area contributed by atoms with Crippen molar-refractivity contribution >= 4 is 11.8 Å². The number of aromatic amines is 1. The standard InChI is InChI=1S/C13H14FN3OS/c1-2-15-8-9-3-4-11(10(14)7-9)19-13-16-6-5-12(18)17-13/h3-7,15H,2,8H2,1H3,(H,16,17,18). The number of nitrogens with one attached hydrogen (secondary N) is 2. The van der Waals surface area contributed by atoms with Crippen LogP contribution in [-0.4, -0.2) is 16.5 Å². The summed E-state index contributed by atoms with van der Waals surface area (Å²) in [6, 6.07) is 6.36.